The Kier molecular flexibility index (Phi) is 9.72. The Morgan fingerprint density at radius 1 is 0.976 bits per heavy atom. The second kappa shape index (κ2) is 12.8. The largest absolute Gasteiger partial charge is 0.460 e. The number of rotatable bonds is 12. The number of unbranched alkanes of at least 4 members (excludes halogenated alkanes) is 1. The summed E-state index contributed by atoms with van der Waals surface area (Å²) in [5, 5.41) is 6.86. The lowest BCUT2D eigenvalue weighted by molar-refractivity contribution is -0.158. The zero-order chi connectivity index (χ0) is 30.7. The lowest BCUT2D eigenvalue weighted by Gasteiger charge is -2.40. The van der Waals surface area contributed by atoms with Crippen molar-refractivity contribution < 1.29 is 14.3 Å². The highest BCUT2D eigenvalue weighted by Crippen LogP contribution is 2.31. The molecule has 1 aliphatic heterocycles. The second-order valence-electron chi connectivity index (χ2n) is 14.6. The number of benzene rings is 1. The summed E-state index contributed by atoms with van der Waals surface area (Å²) < 4.78 is 13.7. The minimum absolute atomic E-state index is 0.00150. The van der Waals surface area contributed by atoms with Crippen LogP contribution in [0.2, 0.25) is 0 Å². The molecule has 9 heteroatoms. The standard InChI is InChI=1S/C33H52N6O3/c1-9-10-13-39-20-26-25-12-11-24(18-27(25)35-30(34)29(26)36-39)38-16-14-37(15-17-38)21-33(7,8)23-41-22-32(5,6)19-28(40)42-31(2,3)4/h11-12,18,20H,9-10,13-17,19,21-23H2,1-8H3,(H2,34,35). The molecule has 0 aliphatic carbocycles. The van der Waals surface area contributed by atoms with Gasteiger partial charge in [-0.1, -0.05) is 47.1 Å². The maximum Gasteiger partial charge on any atom is 0.306 e. The molecule has 9 nitrogen and oxygen atoms in total. The van der Waals surface area contributed by atoms with Gasteiger partial charge in [0.05, 0.1) is 25.2 Å². The van der Waals surface area contributed by atoms with Crippen molar-refractivity contribution in [2.75, 3.05) is 56.6 Å². The van der Waals surface area contributed by atoms with Gasteiger partial charge >= 0.3 is 5.97 Å². The van der Waals surface area contributed by atoms with Crippen molar-refractivity contribution in [2.45, 2.75) is 86.8 Å². The van der Waals surface area contributed by atoms with E-state index in [1.165, 1.54) is 5.69 Å². The molecule has 4 rings (SSSR count). The smallest absolute Gasteiger partial charge is 0.306 e. The fourth-order valence-corrected chi connectivity index (χ4v) is 5.70. The van der Waals surface area contributed by atoms with Gasteiger partial charge in [-0.3, -0.25) is 14.4 Å². The van der Waals surface area contributed by atoms with Gasteiger partial charge in [0.1, 0.15) is 11.1 Å². The van der Waals surface area contributed by atoms with Crippen molar-refractivity contribution in [3.8, 4) is 0 Å². The number of carbonyl (C=O) groups excluding carboxylic acids is 1. The number of ether oxygens (including phenoxy) is 2. The van der Waals surface area contributed by atoms with Crippen LogP contribution in [-0.4, -0.2) is 77.2 Å². The molecule has 0 bridgehead atoms. The Morgan fingerprint density at radius 3 is 2.33 bits per heavy atom. The van der Waals surface area contributed by atoms with E-state index >= 15 is 0 Å². The third-order valence-corrected chi connectivity index (χ3v) is 7.68. The summed E-state index contributed by atoms with van der Waals surface area (Å²) in [4.78, 5) is 22.0. The zero-order valence-corrected chi connectivity index (χ0v) is 27.1. The number of aryl methyl sites for hydroxylation is 1. The first-order valence-corrected chi connectivity index (χ1v) is 15.5. The Morgan fingerprint density at radius 2 is 1.67 bits per heavy atom. The van der Waals surface area contributed by atoms with Gasteiger partial charge < -0.3 is 20.1 Å². The van der Waals surface area contributed by atoms with E-state index in [1.54, 1.807) is 0 Å². The Hall–Kier alpha value is -2.91. The molecule has 42 heavy (non-hydrogen) atoms. The highest BCUT2D eigenvalue weighted by Gasteiger charge is 2.29. The van der Waals surface area contributed by atoms with Crippen molar-refractivity contribution in [1.82, 2.24) is 19.7 Å². The Bertz CT molecular complexity index is 1370. The molecule has 0 spiro atoms. The van der Waals surface area contributed by atoms with E-state index in [0.29, 0.717) is 25.5 Å². The van der Waals surface area contributed by atoms with Crippen molar-refractivity contribution in [2.24, 2.45) is 10.8 Å². The van der Waals surface area contributed by atoms with Crippen LogP contribution in [0.4, 0.5) is 11.5 Å². The fraction of sp³-hybridized carbons (Fsp3) is 0.667. The summed E-state index contributed by atoms with van der Waals surface area (Å²) in [5.74, 6) is 0.318. The van der Waals surface area contributed by atoms with Crippen molar-refractivity contribution in [1.29, 1.82) is 0 Å². The van der Waals surface area contributed by atoms with Crippen LogP contribution in [0.3, 0.4) is 0 Å². The molecule has 0 amide bonds. The summed E-state index contributed by atoms with van der Waals surface area (Å²) in [7, 11) is 0. The maximum atomic E-state index is 12.3. The van der Waals surface area contributed by atoms with E-state index in [2.05, 4.69) is 73.9 Å². The molecule has 2 aromatic heterocycles. The molecular weight excluding hydrogens is 528 g/mol. The number of hydrogen-bond donors (Lipinski definition) is 1. The van der Waals surface area contributed by atoms with Crippen LogP contribution in [0, 0.1) is 10.8 Å². The number of fused-ring (bicyclic) bond motifs is 3. The maximum absolute atomic E-state index is 12.3. The highest BCUT2D eigenvalue weighted by molar-refractivity contribution is 6.08. The van der Waals surface area contributed by atoms with Crippen molar-refractivity contribution in [3.05, 3.63) is 24.4 Å². The number of carbonyl (C=O) groups is 1. The van der Waals surface area contributed by atoms with E-state index < -0.39 is 5.60 Å². The molecule has 1 fully saturated rings. The van der Waals surface area contributed by atoms with Crippen LogP contribution in [0.5, 0.6) is 0 Å². The van der Waals surface area contributed by atoms with Crippen LogP contribution in [0.25, 0.3) is 21.8 Å². The molecule has 1 aliphatic rings. The average Bonchev–Trinajstić information content (AvgIpc) is 3.31. The van der Waals surface area contributed by atoms with E-state index in [-0.39, 0.29) is 16.8 Å². The van der Waals surface area contributed by atoms with Gasteiger partial charge in [-0.15, -0.1) is 0 Å². The second-order valence-corrected chi connectivity index (χ2v) is 14.6. The van der Waals surface area contributed by atoms with Crippen LogP contribution in [0.15, 0.2) is 24.4 Å². The summed E-state index contributed by atoms with van der Waals surface area (Å²) in [6.45, 7) is 23.4. The molecule has 0 atom stereocenters. The third-order valence-electron chi connectivity index (χ3n) is 7.68. The van der Waals surface area contributed by atoms with E-state index in [9.17, 15) is 4.79 Å². The van der Waals surface area contributed by atoms with Gasteiger partial charge in [0.25, 0.3) is 0 Å². The summed E-state index contributed by atoms with van der Waals surface area (Å²) in [6, 6.07) is 6.54. The van der Waals surface area contributed by atoms with Crippen LogP contribution >= 0.6 is 0 Å². The fourth-order valence-electron chi connectivity index (χ4n) is 5.70. The first-order chi connectivity index (χ1) is 19.6. The molecule has 2 N–H and O–H groups in total. The number of esters is 1. The minimum atomic E-state index is -0.468. The topological polar surface area (TPSA) is 98.7 Å². The van der Waals surface area contributed by atoms with E-state index in [0.717, 1.165) is 73.9 Å². The van der Waals surface area contributed by atoms with Gasteiger partial charge in [0, 0.05) is 67.3 Å². The predicted molar refractivity (Wildman–Crippen MR) is 172 cm³/mol. The number of nitrogen functional groups attached to an aromatic ring is 1. The van der Waals surface area contributed by atoms with Gasteiger partial charge in [0.2, 0.25) is 0 Å². The first-order valence-electron chi connectivity index (χ1n) is 15.5. The Labute approximate surface area is 251 Å². The highest BCUT2D eigenvalue weighted by atomic mass is 16.6. The number of aromatic nitrogens is 3. The lowest BCUT2D eigenvalue weighted by atomic mass is 9.89. The summed E-state index contributed by atoms with van der Waals surface area (Å²) >= 11 is 0. The van der Waals surface area contributed by atoms with Crippen molar-refractivity contribution >= 4 is 39.3 Å². The van der Waals surface area contributed by atoms with Gasteiger partial charge in [0.15, 0.2) is 5.82 Å². The molecule has 1 saturated heterocycles. The zero-order valence-electron chi connectivity index (χ0n) is 27.1. The number of anilines is 2. The monoisotopic (exact) mass is 580 g/mol. The molecule has 232 valence electrons. The molecule has 0 radical (unpaired) electrons. The molecule has 0 saturated carbocycles. The molecule has 3 aromatic rings. The molecular formula is C33H52N6O3. The Balaban J connectivity index is 1.29. The van der Waals surface area contributed by atoms with E-state index in [1.807, 2.05) is 25.5 Å². The van der Waals surface area contributed by atoms with E-state index in [4.69, 9.17) is 20.2 Å². The third kappa shape index (κ3) is 8.57. The van der Waals surface area contributed by atoms with Crippen molar-refractivity contribution in [3.63, 3.8) is 0 Å². The van der Waals surface area contributed by atoms with Gasteiger partial charge in [-0.25, -0.2) is 4.98 Å². The first kappa shape index (κ1) is 32.0. The van der Waals surface area contributed by atoms with Crippen LogP contribution < -0.4 is 10.6 Å². The summed E-state index contributed by atoms with van der Waals surface area (Å²) in [5.41, 5.74) is 8.49. The minimum Gasteiger partial charge on any atom is -0.460 e. The van der Waals surface area contributed by atoms with Crippen LogP contribution in [0.1, 0.15) is 74.7 Å². The molecule has 0 unspecified atom stereocenters. The number of nitrogens with two attached hydrogens (primary N) is 1. The number of piperazine rings is 1. The average molecular weight is 581 g/mol. The number of nitrogens with zero attached hydrogens (tertiary/aromatic N) is 5. The van der Waals surface area contributed by atoms with Gasteiger partial charge in [-0.05, 0) is 44.7 Å². The van der Waals surface area contributed by atoms with Crippen LogP contribution in [-0.2, 0) is 20.8 Å². The number of pyridine rings is 1. The lowest BCUT2D eigenvalue weighted by Crippen LogP contribution is -2.49. The summed E-state index contributed by atoms with van der Waals surface area (Å²) in [6.07, 6.45) is 4.67. The normalized spacial score (nSPS) is 15.6. The quantitative estimate of drug-likeness (QED) is 0.265. The predicted octanol–water partition coefficient (Wildman–Crippen LogP) is 5.89. The van der Waals surface area contributed by atoms with Gasteiger partial charge in [-0.2, -0.15) is 5.10 Å². The number of hydrogen-bond acceptors (Lipinski definition) is 8. The molecule has 3 heterocycles. The SMILES string of the molecule is CCCCn1cc2c(n1)c(N)nc1cc(N3CCN(CC(C)(C)COCC(C)(C)CC(=O)OC(C)(C)C)CC3)ccc12. The molecule has 1 aromatic carbocycles.